The van der Waals surface area contributed by atoms with E-state index in [0.29, 0.717) is 30.3 Å². The number of piperidine rings is 1. The lowest BCUT2D eigenvalue weighted by molar-refractivity contribution is -0.192. The maximum atomic E-state index is 13.3. The van der Waals surface area contributed by atoms with Crippen molar-refractivity contribution in [2.24, 2.45) is 0 Å². The molecule has 2 aromatic heterocycles. The fraction of sp³-hybridized carbons (Fsp3) is 0.364. The Bertz CT molecular complexity index is 1220. The van der Waals surface area contributed by atoms with Gasteiger partial charge in [0.1, 0.15) is 11.6 Å². The van der Waals surface area contributed by atoms with E-state index in [4.69, 9.17) is 15.2 Å². The minimum Gasteiger partial charge on any atom is -0.475 e. The lowest BCUT2D eigenvalue weighted by Gasteiger charge is -2.32. The molecule has 3 aromatic rings. The van der Waals surface area contributed by atoms with Crippen LogP contribution >= 0.6 is 0 Å². The number of alkyl halides is 3. The first-order chi connectivity index (χ1) is 16.6. The number of likely N-dealkylation sites (tertiary alicyclic amines) is 1. The minimum absolute atomic E-state index is 0.393. The zero-order valence-corrected chi connectivity index (χ0v) is 18.3. The Morgan fingerprint density at radius 1 is 1.17 bits per heavy atom. The van der Waals surface area contributed by atoms with Crippen LogP contribution < -0.4 is 5.32 Å². The molecular formula is C22H21F5N6O2. The SMILES string of the molecule is N#Cc1cnn2cc(CNC3CCN(Cc4ccc(F)c(F)c4)CC3)cnc12.O=C(O)C(F)(F)F. The second-order valence-corrected chi connectivity index (χ2v) is 7.88. The average molecular weight is 496 g/mol. The van der Waals surface area contributed by atoms with Crippen LogP contribution in [0.1, 0.15) is 29.5 Å². The highest BCUT2D eigenvalue weighted by Crippen LogP contribution is 2.17. The first-order valence-electron chi connectivity index (χ1n) is 10.5. The van der Waals surface area contributed by atoms with Crippen LogP contribution in [-0.2, 0) is 17.9 Å². The fourth-order valence-corrected chi connectivity index (χ4v) is 3.54. The van der Waals surface area contributed by atoms with Gasteiger partial charge in [0.05, 0.1) is 6.20 Å². The highest BCUT2D eigenvalue weighted by Gasteiger charge is 2.38. The number of nitrogens with one attached hydrogen (secondary N) is 1. The summed E-state index contributed by atoms with van der Waals surface area (Å²) in [5.41, 5.74) is 2.83. The summed E-state index contributed by atoms with van der Waals surface area (Å²) in [6, 6.07) is 6.56. The maximum absolute atomic E-state index is 13.3. The molecule has 1 aliphatic rings. The molecule has 2 N–H and O–H groups in total. The molecule has 1 fully saturated rings. The lowest BCUT2D eigenvalue weighted by atomic mass is 10.0. The Morgan fingerprint density at radius 2 is 1.86 bits per heavy atom. The monoisotopic (exact) mass is 496 g/mol. The molecule has 1 aromatic carbocycles. The van der Waals surface area contributed by atoms with Gasteiger partial charge in [-0.05, 0) is 43.6 Å². The third kappa shape index (κ3) is 7.17. The van der Waals surface area contributed by atoms with Gasteiger partial charge in [0.2, 0.25) is 0 Å². The first kappa shape index (κ1) is 26.0. The molecule has 1 aliphatic heterocycles. The summed E-state index contributed by atoms with van der Waals surface area (Å²) in [4.78, 5) is 15.5. The quantitative estimate of drug-likeness (QED) is 0.523. The highest BCUT2D eigenvalue weighted by molar-refractivity contribution is 5.73. The predicted molar refractivity (Wildman–Crippen MR) is 113 cm³/mol. The van der Waals surface area contributed by atoms with Crippen molar-refractivity contribution < 1.29 is 31.9 Å². The molecule has 3 heterocycles. The summed E-state index contributed by atoms with van der Waals surface area (Å²) < 4.78 is 59.7. The highest BCUT2D eigenvalue weighted by atomic mass is 19.4. The van der Waals surface area contributed by atoms with E-state index >= 15 is 0 Å². The molecule has 0 aliphatic carbocycles. The maximum Gasteiger partial charge on any atom is 0.490 e. The summed E-state index contributed by atoms with van der Waals surface area (Å²) in [6.45, 7) is 3.11. The number of carboxylic acid groups (broad SMARTS) is 1. The fourth-order valence-electron chi connectivity index (χ4n) is 3.54. The van der Waals surface area contributed by atoms with Crippen LogP contribution in [0.4, 0.5) is 22.0 Å². The molecule has 0 spiro atoms. The molecule has 0 bridgehead atoms. The van der Waals surface area contributed by atoms with E-state index in [1.807, 2.05) is 6.20 Å². The number of nitriles is 1. The summed E-state index contributed by atoms with van der Waals surface area (Å²) >= 11 is 0. The van der Waals surface area contributed by atoms with Crippen LogP contribution in [0.3, 0.4) is 0 Å². The number of benzene rings is 1. The number of aliphatic carboxylic acids is 1. The molecule has 0 amide bonds. The summed E-state index contributed by atoms with van der Waals surface area (Å²) in [5, 5.41) is 23.8. The Hall–Kier alpha value is -3.63. The predicted octanol–water partition coefficient (Wildman–Crippen LogP) is 3.27. The normalized spacial score (nSPS) is 14.9. The lowest BCUT2D eigenvalue weighted by Crippen LogP contribution is -2.41. The van der Waals surface area contributed by atoms with E-state index in [0.717, 1.165) is 37.1 Å². The van der Waals surface area contributed by atoms with Gasteiger partial charge >= 0.3 is 12.1 Å². The second kappa shape index (κ2) is 11.2. The van der Waals surface area contributed by atoms with Gasteiger partial charge < -0.3 is 10.4 Å². The van der Waals surface area contributed by atoms with Gasteiger partial charge in [0, 0.05) is 37.1 Å². The third-order valence-electron chi connectivity index (χ3n) is 5.35. The number of rotatable bonds is 5. The number of carboxylic acids is 1. The smallest absolute Gasteiger partial charge is 0.475 e. The van der Waals surface area contributed by atoms with Crippen molar-refractivity contribution in [1.29, 1.82) is 5.26 Å². The van der Waals surface area contributed by atoms with E-state index in [2.05, 4.69) is 26.4 Å². The van der Waals surface area contributed by atoms with Crippen LogP contribution in [0.15, 0.2) is 36.8 Å². The first-order valence-corrected chi connectivity index (χ1v) is 10.5. The topological polar surface area (TPSA) is 107 Å². The van der Waals surface area contributed by atoms with Crippen molar-refractivity contribution in [2.75, 3.05) is 13.1 Å². The van der Waals surface area contributed by atoms with Crippen LogP contribution in [0, 0.1) is 23.0 Å². The zero-order valence-electron chi connectivity index (χ0n) is 18.3. The van der Waals surface area contributed by atoms with E-state index in [9.17, 15) is 22.0 Å². The van der Waals surface area contributed by atoms with Gasteiger partial charge in [-0.15, -0.1) is 0 Å². The summed E-state index contributed by atoms with van der Waals surface area (Å²) in [5.74, 6) is -4.36. The average Bonchev–Trinajstić information content (AvgIpc) is 3.23. The number of hydrogen-bond acceptors (Lipinski definition) is 6. The second-order valence-electron chi connectivity index (χ2n) is 7.88. The van der Waals surface area contributed by atoms with Crippen molar-refractivity contribution in [3.8, 4) is 6.07 Å². The molecule has 0 radical (unpaired) electrons. The van der Waals surface area contributed by atoms with Crippen LogP contribution in [0.5, 0.6) is 0 Å². The Kier molecular flexibility index (Phi) is 8.31. The van der Waals surface area contributed by atoms with Crippen molar-refractivity contribution in [2.45, 2.75) is 38.1 Å². The molecular weight excluding hydrogens is 475 g/mol. The van der Waals surface area contributed by atoms with Crippen molar-refractivity contribution in [1.82, 2.24) is 24.8 Å². The number of fused-ring (bicyclic) bond motifs is 1. The molecule has 0 atom stereocenters. The van der Waals surface area contributed by atoms with Gasteiger partial charge in [-0.2, -0.15) is 23.5 Å². The largest absolute Gasteiger partial charge is 0.490 e. The van der Waals surface area contributed by atoms with Crippen LogP contribution in [-0.4, -0.2) is 55.9 Å². The van der Waals surface area contributed by atoms with Gasteiger partial charge in [-0.25, -0.2) is 23.1 Å². The number of aromatic nitrogens is 3. The van der Waals surface area contributed by atoms with E-state index < -0.39 is 23.8 Å². The number of carbonyl (C=O) groups is 1. The molecule has 4 rings (SSSR count). The van der Waals surface area contributed by atoms with Crippen LogP contribution in [0.25, 0.3) is 5.65 Å². The van der Waals surface area contributed by atoms with Gasteiger partial charge in [0.25, 0.3) is 0 Å². The van der Waals surface area contributed by atoms with Gasteiger partial charge in [-0.3, -0.25) is 4.90 Å². The minimum atomic E-state index is -5.08. The Morgan fingerprint density at radius 3 is 2.46 bits per heavy atom. The number of nitrogens with zero attached hydrogens (tertiary/aromatic N) is 5. The van der Waals surface area contributed by atoms with Crippen molar-refractivity contribution in [3.63, 3.8) is 0 Å². The van der Waals surface area contributed by atoms with E-state index in [1.54, 1.807) is 16.8 Å². The Balaban J connectivity index is 0.000000429. The number of hydrogen-bond donors (Lipinski definition) is 2. The summed E-state index contributed by atoms with van der Waals surface area (Å²) in [7, 11) is 0. The van der Waals surface area contributed by atoms with E-state index in [1.165, 1.54) is 18.3 Å². The molecule has 13 heteroatoms. The third-order valence-corrected chi connectivity index (χ3v) is 5.35. The van der Waals surface area contributed by atoms with Gasteiger partial charge in [-0.1, -0.05) is 6.07 Å². The van der Waals surface area contributed by atoms with Crippen molar-refractivity contribution >= 4 is 11.6 Å². The molecule has 0 saturated carbocycles. The number of halogens is 5. The standard InChI is InChI=1S/C20H20F2N6.C2HF3O2/c21-18-2-1-14(7-19(18)22)12-27-5-3-17(4-6-27)24-9-15-10-25-20-16(8-23)11-26-28(20)13-15;3-2(4,5)1(6)7/h1-2,7,10-11,13,17,24H,3-6,9,12H2;(H,6,7). The molecule has 1 saturated heterocycles. The molecule has 0 unspecified atom stereocenters. The van der Waals surface area contributed by atoms with Gasteiger partial charge in [0.15, 0.2) is 17.3 Å². The van der Waals surface area contributed by atoms with Crippen LogP contribution in [0.2, 0.25) is 0 Å². The molecule has 186 valence electrons. The van der Waals surface area contributed by atoms with E-state index in [-0.39, 0.29) is 0 Å². The Labute approximate surface area is 196 Å². The summed E-state index contributed by atoms with van der Waals surface area (Å²) in [6.07, 6.45) is 2.05. The zero-order chi connectivity index (χ0) is 25.6. The molecule has 35 heavy (non-hydrogen) atoms. The molecule has 8 nitrogen and oxygen atoms in total. The van der Waals surface area contributed by atoms with Crippen molar-refractivity contribution in [3.05, 3.63) is 65.1 Å².